The van der Waals surface area contributed by atoms with Gasteiger partial charge >= 0.3 is 0 Å². The SMILES string of the molecule is CC(C)([SH2+])O[SH+]C(C)(C)CCCN. The molecule has 0 aromatic heterocycles. The second-order valence-electron chi connectivity index (χ2n) is 4.40. The van der Waals surface area contributed by atoms with Crippen LogP contribution in [0, 0.1) is 0 Å². The van der Waals surface area contributed by atoms with Gasteiger partial charge in [-0.3, -0.25) is 0 Å². The minimum atomic E-state index is -0.235. The lowest BCUT2D eigenvalue weighted by molar-refractivity contribution is 0.241. The molecule has 0 saturated heterocycles. The molecule has 0 unspecified atom stereocenters. The van der Waals surface area contributed by atoms with Crippen molar-refractivity contribution in [2.75, 3.05) is 6.54 Å². The number of thiol groups is 1. The van der Waals surface area contributed by atoms with Gasteiger partial charge in [-0.05, 0) is 39.4 Å². The van der Waals surface area contributed by atoms with Crippen molar-refractivity contribution in [3.8, 4) is 0 Å². The van der Waals surface area contributed by atoms with E-state index in [-0.39, 0.29) is 9.68 Å². The molecule has 0 spiro atoms. The van der Waals surface area contributed by atoms with Crippen molar-refractivity contribution in [2.45, 2.75) is 50.2 Å². The van der Waals surface area contributed by atoms with Crippen LogP contribution in [0.1, 0.15) is 40.5 Å². The van der Waals surface area contributed by atoms with Crippen molar-refractivity contribution in [1.82, 2.24) is 0 Å². The molecule has 0 aromatic rings. The monoisotopic (exact) mass is 225 g/mol. The first kappa shape index (κ1) is 13.6. The lowest BCUT2D eigenvalue weighted by Crippen LogP contribution is -2.30. The highest BCUT2D eigenvalue weighted by Gasteiger charge is 2.34. The first-order valence-corrected chi connectivity index (χ1v) is 5.93. The summed E-state index contributed by atoms with van der Waals surface area (Å²) in [6.45, 7) is 9.15. The summed E-state index contributed by atoms with van der Waals surface area (Å²) in [4.78, 5) is -0.235. The van der Waals surface area contributed by atoms with Gasteiger partial charge in [-0.25, -0.2) is 0 Å². The molecule has 2 nitrogen and oxygen atoms in total. The van der Waals surface area contributed by atoms with Crippen LogP contribution in [0.25, 0.3) is 0 Å². The molecule has 0 amide bonds. The average molecular weight is 225 g/mol. The summed E-state index contributed by atoms with van der Waals surface area (Å²) in [7, 11) is 0. The fraction of sp³-hybridized carbons (Fsp3) is 1.00. The molecule has 4 heteroatoms. The van der Waals surface area contributed by atoms with Crippen LogP contribution in [0.15, 0.2) is 0 Å². The quantitative estimate of drug-likeness (QED) is 0.541. The van der Waals surface area contributed by atoms with Crippen molar-refractivity contribution >= 4 is 24.7 Å². The maximum Gasteiger partial charge on any atom is 0.266 e. The Balaban J connectivity index is 3.75. The number of nitrogens with two attached hydrogens (primary N) is 1. The molecule has 0 bridgehead atoms. The first-order chi connectivity index (χ1) is 5.77. The van der Waals surface area contributed by atoms with Crippen LogP contribution in [-0.2, 0) is 28.9 Å². The zero-order valence-corrected chi connectivity index (χ0v) is 10.9. The van der Waals surface area contributed by atoms with Crippen LogP contribution in [-0.4, -0.2) is 16.2 Å². The van der Waals surface area contributed by atoms with Crippen LogP contribution >= 0.6 is 0 Å². The molecule has 0 rings (SSSR count). The number of rotatable bonds is 6. The highest BCUT2D eigenvalue weighted by Crippen LogP contribution is 2.20. The normalized spacial score (nSPS) is 13.4. The second kappa shape index (κ2) is 5.49. The van der Waals surface area contributed by atoms with Crippen LogP contribution in [0.4, 0.5) is 0 Å². The van der Waals surface area contributed by atoms with Gasteiger partial charge in [0, 0.05) is 20.3 Å². The standard InChI is InChI=1S/C9H21NOS2/c1-8(2,6-5-7-10)13-11-9(3,4)12/h12H,5-7,10H2,1-4H3/p+2. The average Bonchev–Trinajstić information content (AvgIpc) is 1.97. The minimum absolute atomic E-state index is 0.198. The Morgan fingerprint density at radius 1 is 1.31 bits per heavy atom. The molecule has 0 radical (unpaired) electrons. The van der Waals surface area contributed by atoms with Crippen LogP contribution in [0.2, 0.25) is 0 Å². The molecule has 0 fully saturated rings. The Hall–Kier alpha value is 0.620. The fourth-order valence-electron chi connectivity index (χ4n) is 0.818. The lowest BCUT2D eigenvalue weighted by Gasteiger charge is -2.16. The largest absolute Gasteiger partial charge is 0.330 e. The van der Waals surface area contributed by atoms with E-state index in [0.29, 0.717) is 0 Å². The smallest absolute Gasteiger partial charge is 0.266 e. The third kappa shape index (κ3) is 8.94. The Kier molecular flexibility index (Phi) is 5.75. The molecule has 0 aromatic carbocycles. The molecule has 0 atom stereocenters. The molecule has 0 heterocycles. The molecular formula is C9H23NOS2+2. The van der Waals surface area contributed by atoms with Crippen molar-refractivity contribution < 1.29 is 4.18 Å². The molecule has 0 saturated carbocycles. The lowest BCUT2D eigenvalue weighted by atomic mass is 10.1. The first-order valence-electron chi connectivity index (χ1n) is 4.62. The summed E-state index contributed by atoms with van der Waals surface area (Å²) in [6, 6.07) is 0. The Morgan fingerprint density at radius 3 is 2.23 bits per heavy atom. The van der Waals surface area contributed by atoms with Gasteiger partial charge in [0.25, 0.3) is 4.93 Å². The summed E-state index contributed by atoms with van der Waals surface area (Å²) in [6.07, 6.45) is 2.17. The predicted octanol–water partition coefficient (Wildman–Crippen LogP) is 0.998. The summed E-state index contributed by atoms with van der Waals surface area (Å²) in [5, 5.41) is 0. The summed E-state index contributed by atoms with van der Waals surface area (Å²) >= 11 is 4.51. The molecule has 80 valence electrons. The number of hydrogen-bond acceptors (Lipinski definition) is 2. The van der Waals surface area contributed by atoms with E-state index in [0.717, 1.165) is 31.4 Å². The van der Waals surface area contributed by atoms with Crippen LogP contribution in [0.3, 0.4) is 0 Å². The molecule has 13 heavy (non-hydrogen) atoms. The highest BCUT2D eigenvalue weighted by molar-refractivity contribution is 7.75. The van der Waals surface area contributed by atoms with E-state index in [1.807, 2.05) is 13.8 Å². The summed E-state index contributed by atoms with van der Waals surface area (Å²) in [5.74, 6) is 0. The summed E-state index contributed by atoms with van der Waals surface area (Å²) < 4.78 is 5.83. The van der Waals surface area contributed by atoms with Crippen molar-refractivity contribution in [3.05, 3.63) is 0 Å². The predicted molar refractivity (Wildman–Crippen MR) is 66.4 cm³/mol. The van der Waals surface area contributed by atoms with Gasteiger partial charge in [-0.1, -0.05) is 0 Å². The van der Waals surface area contributed by atoms with Crippen molar-refractivity contribution in [3.63, 3.8) is 0 Å². The van der Waals surface area contributed by atoms with E-state index < -0.39 is 0 Å². The van der Waals surface area contributed by atoms with E-state index in [1.54, 1.807) is 0 Å². The van der Waals surface area contributed by atoms with Gasteiger partial charge < -0.3 is 5.73 Å². The third-order valence-corrected chi connectivity index (χ3v) is 3.05. The van der Waals surface area contributed by atoms with Gasteiger partial charge in [-0.2, -0.15) is 0 Å². The Labute approximate surface area is 91.6 Å². The highest BCUT2D eigenvalue weighted by atomic mass is 32.2. The van der Waals surface area contributed by atoms with Crippen LogP contribution in [0.5, 0.6) is 0 Å². The second-order valence-corrected chi connectivity index (χ2v) is 7.18. The van der Waals surface area contributed by atoms with Crippen LogP contribution < -0.4 is 5.73 Å². The van der Waals surface area contributed by atoms with Gasteiger partial charge in [-0.15, -0.1) is 4.18 Å². The Bertz CT molecular complexity index is 143. The topological polar surface area (TPSA) is 35.2 Å². The Morgan fingerprint density at radius 2 is 1.85 bits per heavy atom. The van der Waals surface area contributed by atoms with E-state index in [4.69, 9.17) is 9.92 Å². The molecule has 0 aliphatic heterocycles. The maximum absolute atomic E-state index is 5.64. The third-order valence-electron chi connectivity index (χ3n) is 1.51. The number of hydrogen-bond donors (Lipinski definition) is 1. The minimum Gasteiger partial charge on any atom is -0.330 e. The molecule has 0 aliphatic carbocycles. The summed E-state index contributed by atoms with van der Waals surface area (Å²) in [5.41, 5.74) is 5.46. The zero-order valence-electron chi connectivity index (χ0n) is 9.05. The fourth-order valence-corrected chi connectivity index (χ4v) is 1.68. The maximum atomic E-state index is 5.64. The van der Waals surface area contributed by atoms with E-state index in [1.165, 1.54) is 0 Å². The molecule has 2 N–H and O–H groups in total. The van der Waals surface area contributed by atoms with Gasteiger partial charge in [0.1, 0.15) is 12.0 Å². The van der Waals surface area contributed by atoms with E-state index in [9.17, 15) is 0 Å². The molecule has 0 aliphatic rings. The van der Waals surface area contributed by atoms with Gasteiger partial charge in [0.15, 0.2) is 4.75 Å². The molecular weight excluding hydrogens is 202 g/mol. The van der Waals surface area contributed by atoms with Gasteiger partial charge in [0.05, 0.1) is 0 Å². The van der Waals surface area contributed by atoms with Crippen molar-refractivity contribution in [2.24, 2.45) is 5.73 Å². The van der Waals surface area contributed by atoms with E-state index >= 15 is 0 Å². The van der Waals surface area contributed by atoms with Gasteiger partial charge in [0.2, 0.25) is 0 Å². The zero-order chi connectivity index (χ0) is 10.5. The van der Waals surface area contributed by atoms with Crippen molar-refractivity contribution in [1.29, 1.82) is 0 Å². The van der Waals surface area contributed by atoms with E-state index in [2.05, 4.69) is 26.5 Å².